The van der Waals surface area contributed by atoms with Crippen LogP contribution < -0.4 is 16.4 Å². The standard InChI is InChI=1S/C12H22N2O3.C7H8FN.CH5N/c15-8-4-2-1-3-5-13-12(16)11-14-6-9-17-10-7-14;1-9-7-4-2-6(8)3-5-7;1-2/h8H,1-7,9-11H2,(H,13,16);2-5,9H,1H3;2H2,1H3. The summed E-state index contributed by atoms with van der Waals surface area (Å²) in [5.41, 5.74) is 5.43. The second-order valence-electron chi connectivity index (χ2n) is 6.01. The van der Waals surface area contributed by atoms with Gasteiger partial charge in [-0.15, -0.1) is 0 Å². The molecule has 0 spiro atoms. The molecule has 1 aromatic rings. The van der Waals surface area contributed by atoms with E-state index in [0.29, 0.717) is 19.5 Å². The summed E-state index contributed by atoms with van der Waals surface area (Å²) in [4.78, 5) is 23.7. The average Bonchev–Trinajstić information content (AvgIpc) is 2.74. The molecule has 160 valence electrons. The normalized spacial score (nSPS) is 13.3. The Kier molecular flexibility index (Phi) is 17.0. The summed E-state index contributed by atoms with van der Waals surface area (Å²) in [6.07, 6.45) is 4.43. The number of hydrogen-bond acceptors (Lipinski definition) is 6. The molecule has 0 aliphatic carbocycles. The quantitative estimate of drug-likeness (QED) is 0.432. The Morgan fingerprint density at radius 3 is 2.39 bits per heavy atom. The Labute approximate surface area is 167 Å². The van der Waals surface area contributed by atoms with Gasteiger partial charge in [-0.05, 0) is 44.2 Å². The van der Waals surface area contributed by atoms with Crippen LogP contribution >= 0.6 is 0 Å². The first-order chi connectivity index (χ1) is 13.7. The van der Waals surface area contributed by atoms with E-state index in [4.69, 9.17) is 4.74 Å². The number of benzene rings is 1. The number of nitrogens with zero attached hydrogens (tertiary/aromatic N) is 1. The van der Waals surface area contributed by atoms with Crippen molar-refractivity contribution in [2.75, 3.05) is 58.8 Å². The monoisotopic (exact) mass is 398 g/mol. The molecule has 8 heteroatoms. The van der Waals surface area contributed by atoms with Crippen LogP contribution in [0, 0.1) is 5.82 Å². The summed E-state index contributed by atoms with van der Waals surface area (Å²) in [7, 11) is 3.30. The summed E-state index contributed by atoms with van der Waals surface area (Å²) in [5.74, 6) is -0.115. The Morgan fingerprint density at radius 2 is 1.82 bits per heavy atom. The van der Waals surface area contributed by atoms with Gasteiger partial charge in [0.2, 0.25) is 5.91 Å². The lowest BCUT2D eigenvalue weighted by Crippen LogP contribution is -2.43. The van der Waals surface area contributed by atoms with Crippen molar-refractivity contribution < 1.29 is 18.7 Å². The highest BCUT2D eigenvalue weighted by atomic mass is 19.1. The number of hydrogen-bond donors (Lipinski definition) is 3. The third kappa shape index (κ3) is 14.1. The van der Waals surface area contributed by atoms with E-state index in [0.717, 1.165) is 57.5 Å². The zero-order chi connectivity index (χ0) is 21.0. The molecule has 0 aromatic heterocycles. The highest BCUT2D eigenvalue weighted by Gasteiger charge is 2.13. The predicted molar refractivity (Wildman–Crippen MR) is 111 cm³/mol. The largest absolute Gasteiger partial charge is 0.388 e. The fraction of sp³-hybridized carbons (Fsp3) is 0.600. The average molecular weight is 399 g/mol. The van der Waals surface area contributed by atoms with Gasteiger partial charge in [0, 0.05) is 38.8 Å². The number of nitrogens with one attached hydrogen (secondary N) is 2. The molecular formula is C20H35FN4O3. The van der Waals surface area contributed by atoms with Crippen LogP contribution in [0.5, 0.6) is 0 Å². The fourth-order valence-corrected chi connectivity index (χ4v) is 2.39. The minimum atomic E-state index is -0.200. The van der Waals surface area contributed by atoms with Crippen molar-refractivity contribution >= 4 is 17.9 Å². The molecule has 1 amide bonds. The van der Waals surface area contributed by atoms with Crippen LogP contribution in [-0.2, 0) is 14.3 Å². The summed E-state index contributed by atoms with van der Waals surface area (Å²) in [6.45, 7) is 4.30. The summed E-state index contributed by atoms with van der Waals surface area (Å²) in [5, 5.41) is 5.78. The number of carbonyl (C=O) groups is 2. The first kappa shape index (κ1) is 26.0. The summed E-state index contributed by atoms with van der Waals surface area (Å²) < 4.78 is 17.4. The Hall–Kier alpha value is -2.03. The molecule has 2 rings (SSSR count). The fourth-order valence-electron chi connectivity index (χ4n) is 2.39. The van der Waals surface area contributed by atoms with E-state index in [9.17, 15) is 14.0 Å². The molecule has 4 N–H and O–H groups in total. The van der Waals surface area contributed by atoms with Crippen LogP contribution in [0.3, 0.4) is 0 Å². The molecule has 1 saturated heterocycles. The minimum absolute atomic E-state index is 0.0855. The number of aldehydes is 1. The molecule has 0 atom stereocenters. The number of ether oxygens (including phenoxy) is 1. The topological polar surface area (TPSA) is 96.7 Å². The maximum Gasteiger partial charge on any atom is 0.234 e. The van der Waals surface area contributed by atoms with Crippen LogP contribution in [0.15, 0.2) is 24.3 Å². The Balaban J connectivity index is 0.000000556. The van der Waals surface area contributed by atoms with Crippen molar-refractivity contribution in [3.63, 3.8) is 0 Å². The second kappa shape index (κ2) is 18.3. The van der Waals surface area contributed by atoms with Crippen molar-refractivity contribution in [2.45, 2.75) is 25.7 Å². The van der Waals surface area contributed by atoms with Gasteiger partial charge in [-0.1, -0.05) is 6.42 Å². The van der Waals surface area contributed by atoms with Gasteiger partial charge in [0.15, 0.2) is 0 Å². The van der Waals surface area contributed by atoms with Crippen LogP contribution in [-0.4, -0.2) is 70.6 Å². The molecule has 1 aromatic carbocycles. The predicted octanol–water partition coefficient (Wildman–Crippen LogP) is 1.64. The minimum Gasteiger partial charge on any atom is -0.388 e. The lowest BCUT2D eigenvalue weighted by molar-refractivity contribution is -0.123. The first-order valence-electron chi connectivity index (χ1n) is 9.67. The Bertz CT molecular complexity index is 509. The lowest BCUT2D eigenvalue weighted by Gasteiger charge is -2.25. The molecule has 7 nitrogen and oxygen atoms in total. The van der Waals surface area contributed by atoms with E-state index in [1.807, 2.05) is 0 Å². The number of nitrogens with two attached hydrogens (primary N) is 1. The van der Waals surface area contributed by atoms with Crippen molar-refractivity contribution in [2.24, 2.45) is 5.73 Å². The highest BCUT2D eigenvalue weighted by Crippen LogP contribution is 2.05. The zero-order valence-electron chi connectivity index (χ0n) is 17.1. The maximum atomic E-state index is 12.2. The van der Waals surface area contributed by atoms with Gasteiger partial charge in [-0.2, -0.15) is 0 Å². The van der Waals surface area contributed by atoms with E-state index < -0.39 is 0 Å². The number of unbranched alkanes of at least 4 members (excludes halogenated alkanes) is 3. The molecule has 0 radical (unpaired) electrons. The summed E-state index contributed by atoms with van der Waals surface area (Å²) >= 11 is 0. The molecule has 1 fully saturated rings. The van der Waals surface area contributed by atoms with E-state index in [1.165, 1.54) is 19.2 Å². The lowest BCUT2D eigenvalue weighted by atomic mass is 10.2. The number of halogens is 1. The van der Waals surface area contributed by atoms with Gasteiger partial charge in [0.05, 0.1) is 19.8 Å². The van der Waals surface area contributed by atoms with Gasteiger partial charge in [0.25, 0.3) is 0 Å². The second-order valence-corrected chi connectivity index (χ2v) is 6.01. The molecule has 1 aliphatic rings. The van der Waals surface area contributed by atoms with Crippen molar-refractivity contribution in [1.29, 1.82) is 0 Å². The SMILES string of the molecule is CN.CNc1ccc(F)cc1.O=CCCCCCNC(=O)CN1CCOCC1. The van der Waals surface area contributed by atoms with Gasteiger partial charge in [0.1, 0.15) is 12.1 Å². The molecule has 1 heterocycles. The number of carbonyl (C=O) groups excluding carboxylic acids is 2. The number of anilines is 1. The smallest absolute Gasteiger partial charge is 0.234 e. The number of morpholine rings is 1. The third-order valence-corrected chi connectivity index (χ3v) is 3.92. The van der Waals surface area contributed by atoms with Crippen LogP contribution in [0.2, 0.25) is 0 Å². The molecule has 0 unspecified atom stereocenters. The van der Waals surface area contributed by atoms with Crippen molar-refractivity contribution in [1.82, 2.24) is 10.2 Å². The van der Waals surface area contributed by atoms with Crippen LogP contribution in [0.4, 0.5) is 10.1 Å². The van der Waals surface area contributed by atoms with E-state index in [1.54, 1.807) is 19.2 Å². The highest BCUT2D eigenvalue weighted by molar-refractivity contribution is 5.77. The van der Waals surface area contributed by atoms with Crippen LogP contribution in [0.1, 0.15) is 25.7 Å². The molecule has 0 saturated carbocycles. The Morgan fingerprint density at radius 1 is 1.18 bits per heavy atom. The van der Waals surface area contributed by atoms with Gasteiger partial charge in [-0.3, -0.25) is 9.69 Å². The van der Waals surface area contributed by atoms with Crippen LogP contribution in [0.25, 0.3) is 0 Å². The van der Waals surface area contributed by atoms with E-state index >= 15 is 0 Å². The van der Waals surface area contributed by atoms with Gasteiger partial charge >= 0.3 is 0 Å². The maximum absolute atomic E-state index is 12.2. The molecular weight excluding hydrogens is 363 g/mol. The molecule has 28 heavy (non-hydrogen) atoms. The van der Waals surface area contributed by atoms with Gasteiger partial charge < -0.3 is 25.9 Å². The number of amides is 1. The van der Waals surface area contributed by atoms with Gasteiger partial charge in [-0.25, -0.2) is 4.39 Å². The number of rotatable bonds is 9. The van der Waals surface area contributed by atoms with Crippen molar-refractivity contribution in [3.8, 4) is 0 Å². The first-order valence-corrected chi connectivity index (χ1v) is 9.67. The van der Waals surface area contributed by atoms with E-state index in [2.05, 4.69) is 21.3 Å². The third-order valence-electron chi connectivity index (χ3n) is 3.92. The molecule has 1 aliphatic heterocycles. The van der Waals surface area contributed by atoms with E-state index in [-0.39, 0.29) is 11.7 Å². The summed E-state index contributed by atoms with van der Waals surface area (Å²) in [6, 6.07) is 6.22. The van der Waals surface area contributed by atoms with Crippen molar-refractivity contribution in [3.05, 3.63) is 30.1 Å². The molecule has 0 bridgehead atoms. The zero-order valence-corrected chi connectivity index (χ0v) is 17.1.